The average Bonchev–Trinajstić information content (AvgIpc) is 2.79. The van der Waals surface area contributed by atoms with E-state index in [2.05, 4.69) is 4.98 Å². The van der Waals surface area contributed by atoms with Crippen LogP contribution in [-0.4, -0.2) is 9.55 Å². The zero-order valence-electron chi connectivity index (χ0n) is 11.7. The Balaban J connectivity index is 2.46. The van der Waals surface area contributed by atoms with E-state index in [1.807, 2.05) is 26.8 Å². The standard InChI is InChI=1S/C15H17F3N2/c1-14(2,3)12-6-11(9-20-5-4-19-10-20)7-13(8-12)15(16,17)18/h4-8,10H,9H2,1-3H3. The van der Waals surface area contributed by atoms with E-state index in [1.54, 1.807) is 23.3 Å². The largest absolute Gasteiger partial charge is 0.416 e. The van der Waals surface area contributed by atoms with Crippen LogP contribution < -0.4 is 0 Å². The van der Waals surface area contributed by atoms with Crippen LogP contribution >= 0.6 is 0 Å². The lowest BCUT2D eigenvalue weighted by molar-refractivity contribution is -0.137. The molecule has 0 aliphatic carbocycles. The number of benzene rings is 1. The minimum Gasteiger partial charge on any atom is -0.333 e. The number of nitrogens with zero attached hydrogens (tertiary/aromatic N) is 2. The van der Waals surface area contributed by atoms with Gasteiger partial charge in [-0.3, -0.25) is 0 Å². The molecule has 20 heavy (non-hydrogen) atoms. The van der Waals surface area contributed by atoms with Gasteiger partial charge in [-0.15, -0.1) is 0 Å². The van der Waals surface area contributed by atoms with Crippen molar-refractivity contribution >= 4 is 0 Å². The molecule has 2 nitrogen and oxygen atoms in total. The van der Waals surface area contributed by atoms with Crippen LogP contribution in [0.3, 0.4) is 0 Å². The van der Waals surface area contributed by atoms with Crippen LogP contribution in [0.1, 0.15) is 37.5 Å². The lowest BCUT2D eigenvalue weighted by Gasteiger charge is -2.22. The Bertz CT molecular complexity index is 546. The quantitative estimate of drug-likeness (QED) is 0.805. The van der Waals surface area contributed by atoms with Crippen molar-refractivity contribution in [3.63, 3.8) is 0 Å². The summed E-state index contributed by atoms with van der Waals surface area (Å²) in [5, 5.41) is 0. The first-order valence-electron chi connectivity index (χ1n) is 6.33. The van der Waals surface area contributed by atoms with Gasteiger partial charge in [0, 0.05) is 18.9 Å². The fourth-order valence-electron chi connectivity index (χ4n) is 1.97. The van der Waals surface area contributed by atoms with Gasteiger partial charge >= 0.3 is 6.18 Å². The van der Waals surface area contributed by atoms with Crippen molar-refractivity contribution in [1.82, 2.24) is 9.55 Å². The number of alkyl halides is 3. The molecule has 0 amide bonds. The van der Waals surface area contributed by atoms with Gasteiger partial charge in [0.05, 0.1) is 11.9 Å². The fraction of sp³-hybridized carbons (Fsp3) is 0.400. The third kappa shape index (κ3) is 3.40. The highest BCUT2D eigenvalue weighted by Gasteiger charge is 2.32. The molecule has 0 saturated carbocycles. The van der Waals surface area contributed by atoms with Crippen molar-refractivity contribution in [3.8, 4) is 0 Å². The molecule has 0 atom stereocenters. The van der Waals surface area contributed by atoms with Gasteiger partial charge < -0.3 is 4.57 Å². The highest BCUT2D eigenvalue weighted by Crippen LogP contribution is 2.34. The Labute approximate surface area is 116 Å². The van der Waals surface area contributed by atoms with Crippen molar-refractivity contribution in [3.05, 3.63) is 53.6 Å². The van der Waals surface area contributed by atoms with Gasteiger partial charge in [-0.1, -0.05) is 26.8 Å². The molecule has 1 heterocycles. The molecule has 2 rings (SSSR count). The molecule has 0 spiro atoms. The molecule has 0 unspecified atom stereocenters. The van der Waals surface area contributed by atoms with Crippen molar-refractivity contribution in [2.75, 3.05) is 0 Å². The van der Waals surface area contributed by atoms with Gasteiger partial charge in [0.25, 0.3) is 0 Å². The van der Waals surface area contributed by atoms with Gasteiger partial charge in [-0.2, -0.15) is 13.2 Å². The van der Waals surface area contributed by atoms with Crippen molar-refractivity contribution in [2.24, 2.45) is 0 Å². The summed E-state index contributed by atoms with van der Waals surface area (Å²) in [7, 11) is 0. The Morgan fingerprint density at radius 2 is 1.70 bits per heavy atom. The number of hydrogen-bond donors (Lipinski definition) is 0. The molecule has 0 radical (unpaired) electrons. The monoisotopic (exact) mass is 282 g/mol. The van der Waals surface area contributed by atoms with E-state index in [1.165, 1.54) is 12.1 Å². The van der Waals surface area contributed by atoms with Gasteiger partial charge in [-0.05, 0) is 28.7 Å². The van der Waals surface area contributed by atoms with Crippen molar-refractivity contribution in [2.45, 2.75) is 38.9 Å². The van der Waals surface area contributed by atoms with E-state index in [-0.39, 0.29) is 5.41 Å². The summed E-state index contributed by atoms with van der Waals surface area (Å²) in [4.78, 5) is 3.90. The van der Waals surface area contributed by atoms with Crippen LogP contribution in [-0.2, 0) is 18.1 Å². The molecular weight excluding hydrogens is 265 g/mol. The summed E-state index contributed by atoms with van der Waals surface area (Å²) < 4.78 is 40.7. The Hall–Kier alpha value is -1.78. The zero-order chi connectivity index (χ0) is 15.0. The van der Waals surface area contributed by atoms with Crippen LogP contribution in [0.4, 0.5) is 13.2 Å². The van der Waals surface area contributed by atoms with E-state index in [9.17, 15) is 13.2 Å². The summed E-state index contributed by atoms with van der Waals surface area (Å²) in [5.74, 6) is 0. The van der Waals surface area contributed by atoms with Crippen LogP contribution in [0.2, 0.25) is 0 Å². The fourth-order valence-corrected chi connectivity index (χ4v) is 1.97. The Morgan fingerprint density at radius 3 is 2.20 bits per heavy atom. The van der Waals surface area contributed by atoms with E-state index in [4.69, 9.17) is 0 Å². The van der Waals surface area contributed by atoms with Crippen LogP contribution in [0.25, 0.3) is 0 Å². The van der Waals surface area contributed by atoms with Crippen LogP contribution in [0, 0.1) is 0 Å². The molecule has 0 N–H and O–H groups in total. The lowest BCUT2D eigenvalue weighted by atomic mass is 9.85. The van der Waals surface area contributed by atoms with Gasteiger partial charge in [-0.25, -0.2) is 4.98 Å². The number of imidazole rings is 1. The maximum absolute atomic E-state index is 13.0. The predicted molar refractivity (Wildman–Crippen MR) is 71.5 cm³/mol. The van der Waals surface area contributed by atoms with E-state index in [0.717, 1.165) is 0 Å². The van der Waals surface area contributed by atoms with E-state index in [0.29, 0.717) is 17.7 Å². The normalized spacial score (nSPS) is 12.7. The number of halogens is 3. The number of aromatic nitrogens is 2. The van der Waals surface area contributed by atoms with Crippen LogP contribution in [0.5, 0.6) is 0 Å². The first kappa shape index (κ1) is 14.6. The number of hydrogen-bond acceptors (Lipinski definition) is 1. The highest BCUT2D eigenvalue weighted by molar-refractivity contribution is 5.35. The number of rotatable bonds is 2. The van der Waals surface area contributed by atoms with Gasteiger partial charge in [0.1, 0.15) is 0 Å². The topological polar surface area (TPSA) is 17.8 Å². The Kier molecular flexibility index (Phi) is 3.63. The molecule has 1 aromatic heterocycles. The van der Waals surface area contributed by atoms with Crippen molar-refractivity contribution < 1.29 is 13.2 Å². The molecule has 1 aromatic carbocycles. The second-order valence-corrected chi connectivity index (χ2v) is 5.90. The predicted octanol–water partition coefficient (Wildman–Crippen LogP) is 4.25. The summed E-state index contributed by atoms with van der Waals surface area (Å²) >= 11 is 0. The molecule has 0 fully saturated rings. The molecule has 0 bridgehead atoms. The highest BCUT2D eigenvalue weighted by atomic mass is 19.4. The van der Waals surface area contributed by atoms with Crippen molar-refractivity contribution in [1.29, 1.82) is 0 Å². The van der Waals surface area contributed by atoms with E-state index >= 15 is 0 Å². The second-order valence-electron chi connectivity index (χ2n) is 5.90. The Morgan fingerprint density at radius 1 is 1.05 bits per heavy atom. The first-order valence-corrected chi connectivity index (χ1v) is 6.33. The average molecular weight is 282 g/mol. The molecular formula is C15H17F3N2. The maximum atomic E-state index is 13.0. The lowest BCUT2D eigenvalue weighted by Crippen LogP contribution is -2.15. The zero-order valence-corrected chi connectivity index (χ0v) is 11.7. The third-order valence-electron chi connectivity index (χ3n) is 3.11. The summed E-state index contributed by atoms with van der Waals surface area (Å²) in [6.07, 6.45) is 0.608. The molecule has 0 saturated heterocycles. The molecule has 5 heteroatoms. The van der Waals surface area contributed by atoms with Crippen LogP contribution in [0.15, 0.2) is 36.9 Å². The van der Waals surface area contributed by atoms with Gasteiger partial charge in [0.2, 0.25) is 0 Å². The molecule has 0 aliphatic rings. The summed E-state index contributed by atoms with van der Waals surface area (Å²) in [6.45, 7) is 6.10. The smallest absolute Gasteiger partial charge is 0.333 e. The first-order chi connectivity index (χ1) is 9.16. The minimum atomic E-state index is -4.33. The third-order valence-corrected chi connectivity index (χ3v) is 3.11. The van der Waals surface area contributed by atoms with E-state index < -0.39 is 11.7 Å². The minimum absolute atomic E-state index is 0.328. The molecule has 2 aromatic rings. The maximum Gasteiger partial charge on any atom is 0.416 e. The summed E-state index contributed by atoms with van der Waals surface area (Å²) in [5.41, 5.74) is 0.385. The van der Waals surface area contributed by atoms with Gasteiger partial charge in [0.15, 0.2) is 0 Å². The SMILES string of the molecule is CC(C)(C)c1cc(Cn2ccnc2)cc(C(F)(F)F)c1. The summed E-state index contributed by atoms with van der Waals surface area (Å²) in [6, 6.07) is 4.27. The molecule has 0 aliphatic heterocycles. The molecule has 108 valence electrons. The second kappa shape index (κ2) is 4.96.